The number of benzene rings is 2. The van der Waals surface area contributed by atoms with Gasteiger partial charge in [0.25, 0.3) is 0 Å². The van der Waals surface area contributed by atoms with Crippen LogP contribution in [0.15, 0.2) is 65.6 Å². The fourth-order valence-electron chi connectivity index (χ4n) is 1.57. The maximum atomic E-state index is 2.16. The van der Waals surface area contributed by atoms with Crippen molar-refractivity contribution in [1.82, 2.24) is 0 Å². The Balaban J connectivity index is 2.44. The van der Waals surface area contributed by atoms with Crippen LogP contribution in [0, 0.1) is 0 Å². The second-order valence-electron chi connectivity index (χ2n) is 3.29. The molecule has 0 heterocycles. The first-order chi connectivity index (χ1) is 7.42. The van der Waals surface area contributed by atoms with Gasteiger partial charge >= 0.3 is 98.8 Å². The van der Waals surface area contributed by atoms with Crippen LogP contribution in [0.25, 0.3) is 5.57 Å². The third-order valence-corrected chi connectivity index (χ3v) is 2.92. The molecule has 2 aromatic rings. The molecule has 0 aliphatic carbocycles. The SMILES string of the molecule is [Ge][CH]=C(c1ccccc1)c1ccccc1. The molecule has 2 aromatic carbocycles. The average molecular weight is 252 g/mol. The average Bonchev–Trinajstić information content (AvgIpc) is 2.33. The van der Waals surface area contributed by atoms with Crippen LogP contribution in [0.2, 0.25) is 0 Å². The molecule has 0 amide bonds. The fraction of sp³-hybridized carbons (Fsp3) is 0. The van der Waals surface area contributed by atoms with Crippen molar-refractivity contribution in [2.24, 2.45) is 0 Å². The third-order valence-electron chi connectivity index (χ3n) is 2.31. The summed E-state index contributed by atoms with van der Waals surface area (Å²) in [7, 11) is 0. The van der Waals surface area contributed by atoms with Crippen LogP contribution in [0.4, 0.5) is 0 Å². The van der Waals surface area contributed by atoms with Crippen molar-refractivity contribution in [3.8, 4) is 0 Å². The zero-order valence-corrected chi connectivity index (χ0v) is 10.4. The molecule has 0 saturated heterocycles. The Kier molecular flexibility index (Phi) is 3.41. The second kappa shape index (κ2) is 4.99. The topological polar surface area (TPSA) is 0 Å². The van der Waals surface area contributed by atoms with Gasteiger partial charge in [0.2, 0.25) is 0 Å². The standard InChI is InChI=1S/C14H11Ge/c15-11-14(12-7-3-1-4-8-12)13-9-5-2-6-10-13/h1-11H. The van der Waals surface area contributed by atoms with Gasteiger partial charge in [0.05, 0.1) is 0 Å². The molecule has 0 saturated carbocycles. The molecule has 71 valence electrons. The van der Waals surface area contributed by atoms with E-state index < -0.39 is 0 Å². The Morgan fingerprint density at radius 3 is 1.47 bits per heavy atom. The van der Waals surface area contributed by atoms with E-state index >= 15 is 0 Å². The van der Waals surface area contributed by atoms with Crippen LogP contribution in [0.1, 0.15) is 11.1 Å². The summed E-state index contributed by atoms with van der Waals surface area (Å²) >= 11 is 2.08. The van der Waals surface area contributed by atoms with Gasteiger partial charge in [0.1, 0.15) is 0 Å². The number of hydrogen-bond acceptors (Lipinski definition) is 0. The molecule has 2 rings (SSSR count). The van der Waals surface area contributed by atoms with E-state index in [1.807, 2.05) is 12.1 Å². The van der Waals surface area contributed by atoms with Gasteiger partial charge in [-0.1, -0.05) is 0 Å². The summed E-state index contributed by atoms with van der Waals surface area (Å²) in [5, 5.41) is 0. The summed E-state index contributed by atoms with van der Waals surface area (Å²) in [6.45, 7) is 0. The molecule has 3 radical (unpaired) electrons. The van der Waals surface area contributed by atoms with E-state index in [9.17, 15) is 0 Å². The minimum absolute atomic E-state index is 1.27. The summed E-state index contributed by atoms with van der Waals surface area (Å²) < 4.78 is 0. The van der Waals surface area contributed by atoms with Gasteiger partial charge in [0, 0.05) is 0 Å². The van der Waals surface area contributed by atoms with E-state index in [1.165, 1.54) is 16.7 Å². The molecule has 0 spiro atoms. The van der Waals surface area contributed by atoms with Gasteiger partial charge in [-0.25, -0.2) is 0 Å². The molecule has 0 unspecified atom stereocenters. The molecular weight excluding hydrogens is 241 g/mol. The van der Waals surface area contributed by atoms with Crippen molar-refractivity contribution < 1.29 is 0 Å². The minimum atomic E-state index is 1.27. The van der Waals surface area contributed by atoms with Gasteiger partial charge in [-0.15, -0.1) is 0 Å². The van der Waals surface area contributed by atoms with Crippen molar-refractivity contribution >= 4 is 22.1 Å². The monoisotopic (exact) mass is 253 g/mol. The van der Waals surface area contributed by atoms with Crippen molar-refractivity contribution in [1.29, 1.82) is 0 Å². The van der Waals surface area contributed by atoms with Crippen molar-refractivity contribution in [2.45, 2.75) is 0 Å². The summed E-state index contributed by atoms with van der Waals surface area (Å²) in [6, 6.07) is 20.9. The molecule has 1 heteroatoms. The summed E-state index contributed by atoms with van der Waals surface area (Å²) in [6.07, 6.45) is 0. The van der Waals surface area contributed by atoms with Crippen molar-refractivity contribution in [2.75, 3.05) is 0 Å². The van der Waals surface area contributed by atoms with Gasteiger partial charge in [-0.3, -0.25) is 0 Å². The quantitative estimate of drug-likeness (QED) is 0.719. The van der Waals surface area contributed by atoms with Crippen LogP contribution in [-0.2, 0) is 0 Å². The second-order valence-corrected chi connectivity index (χ2v) is 3.90. The van der Waals surface area contributed by atoms with E-state index in [4.69, 9.17) is 0 Å². The van der Waals surface area contributed by atoms with Crippen molar-refractivity contribution in [3.63, 3.8) is 0 Å². The predicted octanol–water partition coefficient (Wildman–Crippen LogP) is 3.24. The molecule has 0 aliphatic heterocycles. The Hall–Kier alpha value is -1.28. The Morgan fingerprint density at radius 1 is 0.733 bits per heavy atom. The van der Waals surface area contributed by atoms with Gasteiger partial charge < -0.3 is 0 Å². The molecule has 0 fully saturated rings. The Morgan fingerprint density at radius 2 is 1.13 bits per heavy atom. The Labute approximate surface area is 98.9 Å². The first-order valence-corrected chi connectivity index (χ1v) is 6.11. The zero-order chi connectivity index (χ0) is 10.5. The van der Waals surface area contributed by atoms with Crippen LogP contribution in [0.3, 0.4) is 0 Å². The maximum absolute atomic E-state index is 2.16. The van der Waals surface area contributed by atoms with E-state index in [2.05, 4.69) is 70.0 Å². The normalized spacial score (nSPS) is 9.67. The summed E-state index contributed by atoms with van der Waals surface area (Å²) in [5.41, 5.74) is 3.83. The van der Waals surface area contributed by atoms with Crippen LogP contribution in [-0.4, -0.2) is 16.5 Å². The summed E-state index contributed by atoms with van der Waals surface area (Å²) in [5.74, 6) is 0. The van der Waals surface area contributed by atoms with Gasteiger partial charge in [0.15, 0.2) is 0 Å². The molecule has 0 nitrogen and oxygen atoms in total. The first kappa shape index (κ1) is 10.2. The number of hydrogen-bond donors (Lipinski definition) is 0. The molecule has 0 atom stereocenters. The molecule has 0 bridgehead atoms. The van der Waals surface area contributed by atoms with Gasteiger partial charge in [-0.05, 0) is 0 Å². The van der Waals surface area contributed by atoms with E-state index in [0.717, 1.165) is 0 Å². The predicted molar refractivity (Wildman–Crippen MR) is 65.7 cm³/mol. The zero-order valence-electron chi connectivity index (χ0n) is 8.35. The molecule has 0 aliphatic rings. The van der Waals surface area contributed by atoms with E-state index in [-0.39, 0.29) is 0 Å². The molecule has 0 aromatic heterocycles. The van der Waals surface area contributed by atoms with Gasteiger partial charge in [-0.2, -0.15) is 0 Å². The van der Waals surface area contributed by atoms with E-state index in [0.29, 0.717) is 0 Å². The molecule has 15 heavy (non-hydrogen) atoms. The van der Waals surface area contributed by atoms with Crippen LogP contribution >= 0.6 is 0 Å². The first-order valence-electron chi connectivity index (χ1n) is 4.90. The fourth-order valence-corrected chi connectivity index (χ4v) is 2.27. The number of rotatable bonds is 2. The molecule has 0 N–H and O–H groups in total. The Bertz CT molecular complexity index is 402. The van der Waals surface area contributed by atoms with Crippen molar-refractivity contribution in [3.05, 3.63) is 76.7 Å². The van der Waals surface area contributed by atoms with Crippen LogP contribution < -0.4 is 0 Å². The summed E-state index contributed by atoms with van der Waals surface area (Å²) in [4.78, 5) is 2.16. The third kappa shape index (κ3) is 2.39. The van der Waals surface area contributed by atoms with Crippen LogP contribution in [0.5, 0.6) is 0 Å². The van der Waals surface area contributed by atoms with E-state index in [1.54, 1.807) is 0 Å². The molecular formula is C14H11Ge.